The summed E-state index contributed by atoms with van der Waals surface area (Å²) >= 11 is 0. The smallest absolute Gasteiger partial charge is 0.270 e. The Morgan fingerprint density at radius 1 is 0.500 bits per heavy atom. The van der Waals surface area contributed by atoms with Crippen LogP contribution in [0.5, 0.6) is 0 Å². The normalized spacial score (nSPS) is 22.2. The van der Waals surface area contributed by atoms with Crippen molar-refractivity contribution in [2.75, 3.05) is 68.5 Å². The summed E-state index contributed by atoms with van der Waals surface area (Å²) in [5.41, 5.74) is 0.996. The highest BCUT2D eigenvalue weighted by molar-refractivity contribution is 6.01. The van der Waals surface area contributed by atoms with Gasteiger partial charge in [-0.3, -0.25) is 47.9 Å². The summed E-state index contributed by atoms with van der Waals surface area (Å²) in [5, 5.41) is 12.6. The number of hydrogen-bond donors (Lipinski definition) is 4. The number of para-hydroxylation sites is 2. The van der Waals surface area contributed by atoms with Gasteiger partial charge in [-0.25, -0.2) is 9.97 Å². The Morgan fingerprint density at radius 3 is 1.17 bits per heavy atom. The molecule has 1 fully saturated rings. The van der Waals surface area contributed by atoms with Crippen LogP contribution in [0.15, 0.2) is 72.8 Å². The second-order valence-corrected chi connectivity index (χ2v) is 22.6. The van der Waals surface area contributed by atoms with E-state index in [0.717, 1.165) is 20.6 Å². The molecule has 4 aromatic rings. The van der Waals surface area contributed by atoms with E-state index in [1.807, 2.05) is 65.8 Å². The molecule has 3 heterocycles. The molecule has 2 aromatic heterocycles. The minimum Gasteiger partial charge on any atom is -0.352 e. The quantitative estimate of drug-likeness (QED) is 0.159. The van der Waals surface area contributed by atoms with Gasteiger partial charge in [0.25, 0.3) is 11.8 Å². The van der Waals surface area contributed by atoms with E-state index in [1.165, 1.54) is 74.0 Å². The lowest BCUT2D eigenvalue weighted by Crippen LogP contribution is -2.61. The topological polar surface area (TPSA) is 264 Å². The molecule has 1 saturated heterocycles. The van der Waals surface area contributed by atoms with Crippen molar-refractivity contribution in [1.29, 1.82) is 0 Å². The Kier molecular flexibility index (Phi) is 23.0. The number of amides is 10. The van der Waals surface area contributed by atoms with E-state index in [1.54, 1.807) is 50.2 Å². The summed E-state index contributed by atoms with van der Waals surface area (Å²) in [5.74, 6) is -8.16. The average Bonchev–Trinajstić information content (AvgIpc) is 3.47. The monoisotopic (exact) mass is 1130 g/mol. The predicted molar refractivity (Wildman–Crippen MR) is 311 cm³/mol. The van der Waals surface area contributed by atoms with Gasteiger partial charge in [-0.05, 0) is 60.8 Å². The largest absolute Gasteiger partial charge is 0.352 e. The van der Waals surface area contributed by atoms with Gasteiger partial charge in [0, 0.05) is 66.1 Å². The fourth-order valence-corrected chi connectivity index (χ4v) is 10.1. The second-order valence-electron chi connectivity index (χ2n) is 22.6. The molecule has 0 aliphatic carbocycles. The average molecular weight is 1130 g/mol. The zero-order chi connectivity index (χ0) is 60.9. The van der Waals surface area contributed by atoms with Crippen molar-refractivity contribution in [1.82, 2.24) is 60.6 Å². The molecule has 1 aliphatic rings. The van der Waals surface area contributed by atoms with Crippen molar-refractivity contribution in [3.63, 3.8) is 0 Å². The highest BCUT2D eigenvalue weighted by Crippen LogP contribution is 2.22. The summed E-state index contributed by atoms with van der Waals surface area (Å²) in [6.45, 7) is 12.6. The molecule has 22 heteroatoms. The van der Waals surface area contributed by atoms with Crippen LogP contribution in [0.4, 0.5) is 0 Å². The van der Waals surface area contributed by atoms with Crippen molar-refractivity contribution >= 4 is 80.9 Å². The number of fused-ring (bicyclic) bond motifs is 2. The lowest BCUT2D eigenvalue weighted by molar-refractivity contribution is -0.150. The Labute approximate surface area is 481 Å². The molecule has 82 heavy (non-hydrogen) atoms. The lowest BCUT2D eigenvalue weighted by atomic mass is 9.96. The fraction of sp³-hybridized carbons (Fsp3) is 0.533. The molecule has 444 valence electrons. The maximum Gasteiger partial charge on any atom is 0.270 e. The standard InChI is InChI=1S/C60H84N12O10/c1-15-37(7)51-55(77)61-31-45(65-53(75)43-27-25-39-21-17-19-23-41(39)63-43)57(79)69(11)48(30-36(5)6)60(82)68(10)34-50(74)72(14)52(38(8)16-2)56(78)62-32-46(66-54(76)44-28-26-40-22-18-20-24-42(40)64-44)58(80)70(12)47(29-35(3)4)59(81)67(9)33-49(73)71(51)13/h17-28,35-38,45-48,51-52H,15-16,29-34H2,1-14H3,(H,61,77)(H,62,78)(H,65,75)(H,66,76)/t37-,38-,45-,46-,47-,48-,51-,52-/m0/s1. The molecule has 22 nitrogen and oxygen atoms in total. The molecule has 1 aliphatic heterocycles. The van der Waals surface area contributed by atoms with E-state index < -0.39 is 133 Å². The Hall–Kier alpha value is -8.04. The second kappa shape index (κ2) is 29.1. The van der Waals surface area contributed by atoms with Crippen LogP contribution < -0.4 is 21.3 Å². The van der Waals surface area contributed by atoms with Crippen LogP contribution in [0, 0.1) is 23.7 Å². The first-order valence-corrected chi connectivity index (χ1v) is 28.1. The van der Waals surface area contributed by atoms with Crippen molar-refractivity contribution < 1.29 is 47.9 Å². The number of rotatable bonds is 12. The predicted octanol–water partition coefficient (Wildman–Crippen LogP) is 3.34. The number of pyridine rings is 2. The summed E-state index contributed by atoms with van der Waals surface area (Å²) in [6, 6.07) is 13.1. The number of likely N-dealkylation sites (N-methyl/N-ethyl adjacent to an activating group) is 6. The third-order valence-electron chi connectivity index (χ3n) is 15.4. The molecule has 0 bridgehead atoms. The third-order valence-corrected chi connectivity index (χ3v) is 15.4. The number of nitrogens with zero attached hydrogens (tertiary/aromatic N) is 8. The molecule has 5 rings (SSSR count). The van der Waals surface area contributed by atoms with Crippen LogP contribution >= 0.6 is 0 Å². The number of benzene rings is 2. The molecule has 10 amide bonds. The maximum atomic E-state index is 14.9. The summed E-state index contributed by atoms with van der Waals surface area (Å²) in [7, 11) is 8.46. The van der Waals surface area contributed by atoms with Gasteiger partial charge in [-0.15, -0.1) is 0 Å². The Balaban J connectivity index is 1.59. The van der Waals surface area contributed by atoms with Gasteiger partial charge in [0.05, 0.1) is 24.1 Å². The van der Waals surface area contributed by atoms with Gasteiger partial charge in [0.15, 0.2) is 0 Å². The van der Waals surface area contributed by atoms with E-state index in [0.29, 0.717) is 23.9 Å². The molecule has 4 N–H and O–H groups in total. The summed E-state index contributed by atoms with van der Waals surface area (Å²) in [4.78, 5) is 161. The first kappa shape index (κ1) is 64.8. The van der Waals surface area contributed by atoms with Gasteiger partial charge in [0.2, 0.25) is 47.3 Å². The van der Waals surface area contributed by atoms with Crippen LogP contribution in [-0.2, 0) is 38.4 Å². The van der Waals surface area contributed by atoms with E-state index in [4.69, 9.17) is 0 Å². The molecule has 0 spiro atoms. The number of carbonyl (C=O) groups is 10. The van der Waals surface area contributed by atoms with Crippen LogP contribution in [0.2, 0.25) is 0 Å². The molecule has 0 saturated carbocycles. The summed E-state index contributed by atoms with van der Waals surface area (Å²) < 4.78 is 0. The van der Waals surface area contributed by atoms with Crippen LogP contribution in [0.1, 0.15) is 102 Å². The molecule has 8 atom stereocenters. The van der Waals surface area contributed by atoms with Crippen molar-refractivity contribution in [2.24, 2.45) is 23.7 Å². The minimum atomic E-state index is -1.49. The van der Waals surface area contributed by atoms with Crippen LogP contribution in [0.3, 0.4) is 0 Å². The fourth-order valence-electron chi connectivity index (χ4n) is 10.1. The van der Waals surface area contributed by atoms with E-state index in [2.05, 4.69) is 31.2 Å². The van der Waals surface area contributed by atoms with Gasteiger partial charge >= 0.3 is 0 Å². The first-order chi connectivity index (χ1) is 38.7. The van der Waals surface area contributed by atoms with Crippen LogP contribution in [0.25, 0.3) is 21.8 Å². The van der Waals surface area contributed by atoms with Gasteiger partial charge < -0.3 is 50.7 Å². The highest BCUT2D eigenvalue weighted by Gasteiger charge is 2.41. The maximum absolute atomic E-state index is 14.9. The van der Waals surface area contributed by atoms with E-state index in [-0.39, 0.29) is 36.1 Å². The van der Waals surface area contributed by atoms with Crippen LogP contribution in [-0.4, -0.2) is 203 Å². The van der Waals surface area contributed by atoms with Crippen molar-refractivity contribution in [3.05, 3.63) is 84.2 Å². The molecule has 2 aromatic carbocycles. The Bertz CT molecular complexity index is 2790. The van der Waals surface area contributed by atoms with Gasteiger partial charge in [0.1, 0.15) is 47.6 Å². The molecule has 0 unspecified atom stereocenters. The van der Waals surface area contributed by atoms with Gasteiger partial charge in [-0.2, -0.15) is 0 Å². The zero-order valence-corrected chi connectivity index (χ0v) is 50.0. The Morgan fingerprint density at radius 2 is 0.841 bits per heavy atom. The number of nitrogens with one attached hydrogen (secondary N) is 4. The zero-order valence-electron chi connectivity index (χ0n) is 50.0. The number of aromatic nitrogens is 2. The SMILES string of the molecule is CC[C@H](C)[C@H]1C(=O)NC[C@H](NC(=O)c2ccc3ccccc3n2)C(=O)N(C)[C@@H](CC(C)C)C(=O)N(C)CC(=O)N(C)[C@@H]([C@@H](C)CC)C(=O)NC[C@H](NC(=O)c2ccc3ccccc3n2)C(=O)N(C)[C@@H](CC(C)C)C(=O)N(C)CC(=O)N1C. The van der Waals surface area contributed by atoms with Gasteiger partial charge in [-0.1, -0.05) is 117 Å². The third kappa shape index (κ3) is 16.1. The van der Waals surface area contributed by atoms with E-state index in [9.17, 15) is 47.9 Å². The highest BCUT2D eigenvalue weighted by atomic mass is 16.2. The first-order valence-electron chi connectivity index (χ1n) is 28.1. The number of carbonyl (C=O) groups excluding carboxylic acids is 10. The van der Waals surface area contributed by atoms with Crippen molar-refractivity contribution in [3.8, 4) is 0 Å². The molecular weight excluding hydrogens is 1050 g/mol. The number of hydrogen-bond acceptors (Lipinski definition) is 12. The molecular formula is C60H84N12O10. The molecule has 0 radical (unpaired) electrons. The van der Waals surface area contributed by atoms with Crippen molar-refractivity contribution in [2.45, 2.75) is 117 Å². The minimum absolute atomic E-state index is 0.0215. The van der Waals surface area contributed by atoms with E-state index >= 15 is 0 Å². The summed E-state index contributed by atoms with van der Waals surface area (Å²) in [6.07, 6.45) is 1.07. The lowest BCUT2D eigenvalue weighted by Gasteiger charge is -2.37.